The Kier molecular flexibility index (Phi) is 6.49. The van der Waals surface area contributed by atoms with Crippen molar-refractivity contribution in [3.63, 3.8) is 0 Å². The molecule has 2 N–H and O–H groups in total. The van der Waals surface area contributed by atoms with Gasteiger partial charge in [0.25, 0.3) is 0 Å². The van der Waals surface area contributed by atoms with E-state index in [4.69, 9.17) is 15.2 Å². The van der Waals surface area contributed by atoms with Gasteiger partial charge in [0.2, 0.25) is 0 Å². The Balaban J connectivity index is 3.76. The number of hydrogen-bond donors (Lipinski definition) is 1. The number of carbonyl (C=O) groups excluding carboxylic acids is 1. The van der Waals surface area contributed by atoms with E-state index < -0.39 is 11.5 Å². The fourth-order valence-electron chi connectivity index (χ4n) is 0.885. The fraction of sp³-hybridized carbons (Fsp3) is 0.900. The number of rotatable bonds is 7. The van der Waals surface area contributed by atoms with Crippen LogP contribution in [0.3, 0.4) is 0 Å². The summed E-state index contributed by atoms with van der Waals surface area (Å²) in [6.07, 6.45) is 2.06. The quantitative estimate of drug-likeness (QED) is 0.497. The van der Waals surface area contributed by atoms with E-state index in [1.54, 1.807) is 13.8 Å². The smallest absolute Gasteiger partial charge is 0.328 e. The molecule has 0 aliphatic heterocycles. The lowest BCUT2D eigenvalue weighted by Crippen LogP contribution is -2.50. The van der Waals surface area contributed by atoms with Crippen LogP contribution in [-0.2, 0) is 14.3 Å². The van der Waals surface area contributed by atoms with E-state index in [0.717, 1.165) is 12.8 Å². The zero-order chi connectivity index (χ0) is 11.0. The molecule has 4 heteroatoms. The highest BCUT2D eigenvalue weighted by Gasteiger charge is 2.30. The van der Waals surface area contributed by atoms with Gasteiger partial charge in [-0.15, -0.1) is 0 Å². The van der Waals surface area contributed by atoms with Crippen molar-refractivity contribution in [2.24, 2.45) is 5.73 Å². The number of nitrogens with two attached hydrogens (primary N) is 1. The van der Waals surface area contributed by atoms with Crippen LogP contribution in [0.2, 0.25) is 0 Å². The number of unbranched alkanes of at least 4 members (excludes halogenated alkanes) is 1. The second-order valence-electron chi connectivity index (χ2n) is 3.54. The van der Waals surface area contributed by atoms with Gasteiger partial charge in [-0.3, -0.25) is 0 Å². The molecule has 4 nitrogen and oxygen atoms in total. The van der Waals surface area contributed by atoms with Crippen molar-refractivity contribution >= 4 is 5.97 Å². The molecule has 1 unspecified atom stereocenters. The lowest BCUT2D eigenvalue weighted by Gasteiger charge is -2.21. The normalized spacial score (nSPS) is 14.9. The molecule has 0 fully saturated rings. The Labute approximate surface area is 85.8 Å². The second kappa shape index (κ2) is 6.79. The average Bonchev–Trinajstić information content (AvgIpc) is 2.13. The molecular weight excluding hydrogens is 182 g/mol. The molecule has 0 aromatic rings. The van der Waals surface area contributed by atoms with Gasteiger partial charge in [-0.25, -0.2) is 4.79 Å². The zero-order valence-corrected chi connectivity index (χ0v) is 9.34. The van der Waals surface area contributed by atoms with Crippen LogP contribution in [0.15, 0.2) is 0 Å². The summed E-state index contributed by atoms with van der Waals surface area (Å²) in [6, 6.07) is 0. The molecular formula is C10H21NO3. The SMILES string of the molecule is CCCCOCC(C)(N)C(=O)OCC. The molecule has 84 valence electrons. The Morgan fingerprint density at radius 3 is 2.57 bits per heavy atom. The average molecular weight is 203 g/mol. The maximum absolute atomic E-state index is 11.3. The predicted molar refractivity (Wildman–Crippen MR) is 55.0 cm³/mol. The van der Waals surface area contributed by atoms with E-state index in [1.165, 1.54) is 0 Å². The molecule has 0 spiro atoms. The number of hydrogen-bond acceptors (Lipinski definition) is 4. The number of ether oxygens (including phenoxy) is 2. The van der Waals surface area contributed by atoms with Gasteiger partial charge < -0.3 is 15.2 Å². The minimum atomic E-state index is -1.02. The van der Waals surface area contributed by atoms with E-state index in [-0.39, 0.29) is 6.61 Å². The van der Waals surface area contributed by atoms with E-state index in [1.807, 2.05) is 0 Å². The standard InChI is InChI=1S/C10H21NO3/c1-4-6-7-13-8-10(3,11)9(12)14-5-2/h4-8,11H2,1-3H3. The van der Waals surface area contributed by atoms with Crippen molar-refractivity contribution in [3.05, 3.63) is 0 Å². The molecule has 0 bridgehead atoms. The fourth-order valence-corrected chi connectivity index (χ4v) is 0.885. The van der Waals surface area contributed by atoms with Crippen LogP contribution in [0.4, 0.5) is 0 Å². The maximum atomic E-state index is 11.3. The minimum absolute atomic E-state index is 0.214. The van der Waals surface area contributed by atoms with Crippen molar-refractivity contribution in [3.8, 4) is 0 Å². The summed E-state index contributed by atoms with van der Waals surface area (Å²) in [7, 11) is 0. The van der Waals surface area contributed by atoms with Gasteiger partial charge in [-0.2, -0.15) is 0 Å². The summed E-state index contributed by atoms with van der Waals surface area (Å²) >= 11 is 0. The van der Waals surface area contributed by atoms with Crippen molar-refractivity contribution in [2.75, 3.05) is 19.8 Å². The monoisotopic (exact) mass is 203 g/mol. The van der Waals surface area contributed by atoms with Crippen LogP contribution in [0.5, 0.6) is 0 Å². The first kappa shape index (κ1) is 13.4. The Hall–Kier alpha value is -0.610. The topological polar surface area (TPSA) is 61.5 Å². The summed E-state index contributed by atoms with van der Waals surface area (Å²) in [5, 5.41) is 0. The number of esters is 1. The Morgan fingerprint density at radius 2 is 2.07 bits per heavy atom. The van der Waals surface area contributed by atoms with Crippen LogP contribution in [0, 0.1) is 0 Å². The van der Waals surface area contributed by atoms with Gasteiger partial charge in [0.15, 0.2) is 0 Å². The molecule has 0 radical (unpaired) electrons. The zero-order valence-electron chi connectivity index (χ0n) is 9.34. The van der Waals surface area contributed by atoms with Crippen LogP contribution in [0.25, 0.3) is 0 Å². The van der Waals surface area contributed by atoms with Gasteiger partial charge in [-0.1, -0.05) is 13.3 Å². The van der Waals surface area contributed by atoms with Crippen LogP contribution < -0.4 is 5.73 Å². The highest BCUT2D eigenvalue weighted by molar-refractivity contribution is 5.80. The van der Waals surface area contributed by atoms with E-state index >= 15 is 0 Å². The van der Waals surface area contributed by atoms with Crippen molar-refractivity contribution < 1.29 is 14.3 Å². The highest BCUT2D eigenvalue weighted by atomic mass is 16.5. The van der Waals surface area contributed by atoms with Crippen LogP contribution in [0.1, 0.15) is 33.6 Å². The Bertz CT molecular complexity index is 169. The molecule has 0 aliphatic carbocycles. The molecule has 0 saturated heterocycles. The van der Waals surface area contributed by atoms with Crippen LogP contribution >= 0.6 is 0 Å². The lowest BCUT2D eigenvalue weighted by molar-refractivity contribution is -0.151. The summed E-state index contributed by atoms with van der Waals surface area (Å²) < 4.78 is 10.1. The first-order valence-electron chi connectivity index (χ1n) is 5.08. The van der Waals surface area contributed by atoms with Gasteiger partial charge >= 0.3 is 5.97 Å². The van der Waals surface area contributed by atoms with Crippen LogP contribution in [-0.4, -0.2) is 31.3 Å². The first-order chi connectivity index (χ1) is 6.54. The summed E-state index contributed by atoms with van der Waals surface area (Å²) in [5.74, 6) is -0.406. The molecule has 1 atom stereocenters. The highest BCUT2D eigenvalue weighted by Crippen LogP contribution is 2.04. The molecule has 0 saturated carbocycles. The summed E-state index contributed by atoms with van der Waals surface area (Å²) in [6.45, 7) is 6.66. The lowest BCUT2D eigenvalue weighted by atomic mass is 10.1. The number of carbonyl (C=O) groups is 1. The first-order valence-corrected chi connectivity index (χ1v) is 5.08. The van der Waals surface area contributed by atoms with Crippen molar-refractivity contribution in [1.29, 1.82) is 0 Å². The van der Waals surface area contributed by atoms with Gasteiger partial charge in [0.05, 0.1) is 13.2 Å². The maximum Gasteiger partial charge on any atom is 0.328 e. The molecule has 0 rings (SSSR count). The third-order valence-electron chi connectivity index (χ3n) is 1.79. The van der Waals surface area contributed by atoms with E-state index in [2.05, 4.69) is 6.92 Å². The third-order valence-corrected chi connectivity index (χ3v) is 1.79. The Morgan fingerprint density at radius 1 is 1.43 bits per heavy atom. The summed E-state index contributed by atoms with van der Waals surface area (Å²) in [4.78, 5) is 11.3. The molecule has 0 aliphatic rings. The van der Waals surface area contributed by atoms with E-state index in [0.29, 0.717) is 13.2 Å². The van der Waals surface area contributed by atoms with Gasteiger partial charge in [0.1, 0.15) is 5.54 Å². The third kappa shape index (κ3) is 5.19. The molecule has 14 heavy (non-hydrogen) atoms. The summed E-state index contributed by atoms with van der Waals surface area (Å²) in [5.41, 5.74) is 4.70. The van der Waals surface area contributed by atoms with Crippen molar-refractivity contribution in [1.82, 2.24) is 0 Å². The van der Waals surface area contributed by atoms with Gasteiger partial charge in [-0.05, 0) is 20.3 Å². The molecule has 0 aromatic heterocycles. The molecule has 0 heterocycles. The van der Waals surface area contributed by atoms with Crippen molar-refractivity contribution in [2.45, 2.75) is 39.2 Å². The molecule has 0 amide bonds. The predicted octanol–water partition coefficient (Wildman–Crippen LogP) is 1.08. The minimum Gasteiger partial charge on any atom is -0.465 e. The second-order valence-corrected chi connectivity index (χ2v) is 3.54. The van der Waals surface area contributed by atoms with E-state index in [9.17, 15) is 4.79 Å². The van der Waals surface area contributed by atoms with Gasteiger partial charge in [0, 0.05) is 6.61 Å². The molecule has 0 aromatic carbocycles. The largest absolute Gasteiger partial charge is 0.465 e.